The number of halogens is 2. The van der Waals surface area contributed by atoms with Crippen LogP contribution in [0, 0.1) is 25.1 Å². The van der Waals surface area contributed by atoms with E-state index in [9.17, 15) is 4.39 Å². The highest BCUT2D eigenvalue weighted by atomic mass is 35.5. The number of fused-ring (bicyclic) bond motifs is 2. The van der Waals surface area contributed by atoms with Crippen molar-refractivity contribution in [2.24, 2.45) is 11.1 Å². The lowest BCUT2D eigenvalue weighted by molar-refractivity contribution is 0.187. The maximum Gasteiger partial charge on any atom is 0.155 e. The lowest BCUT2D eigenvalue weighted by atomic mass is 9.73. The molecule has 8 heteroatoms. The summed E-state index contributed by atoms with van der Waals surface area (Å²) in [5, 5.41) is 5.23. The zero-order valence-corrected chi connectivity index (χ0v) is 20.0. The highest BCUT2D eigenvalue weighted by Crippen LogP contribution is 2.51. The number of anilines is 1. The fourth-order valence-electron chi connectivity index (χ4n) is 5.85. The molecule has 0 amide bonds. The van der Waals surface area contributed by atoms with Gasteiger partial charge in [0, 0.05) is 30.9 Å². The molecule has 6 rings (SSSR count). The minimum absolute atomic E-state index is 0.0275. The first-order valence-corrected chi connectivity index (χ1v) is 12.0. The zero-order chi connectivity index (χ0) is 23.6. The highest BCUT2D eigenvalue weighted by Gasteiger charge is 2.46. The molecule has 2 aliphatic rings. The lowest BCUT2D eigenvalue weighted by Crippen LogP contribution is -2.44. The van der Waals surface area contributed by atoms with Crippen molar-refractivity contribution in [1.82, 2.24) is 19.6 Å². The first-order chi connectivity index (χ1) is 16.4. The van der Waals surface area contributed by atoms with Crippen molar-refractivity contribution in [1.29, 1.82) is 0 Å². The summed E-state index contributed by atoms with van der Waals surface area (Å²) < 4.78 is 15.7. The first kappa shape index (κ1) is 21.5. The Kier molecular flexibility index (Phi) is 4.90. The molecule has 1 fully saturated rings. The van der Waals surface area contributed by atoms with Crippen LogP contribution in [0.25, 0.3) is 16.8 Å². The van der Waals surface area contributed by atoms with Crippen LogP contribution in [0.2, 0.25) is 5.02 Å². The molecule has 1 aliphatic heterocycles. The molecule has 0 unspecified atom stereocenters. The molecule has 0 saturated carbocycles. The third kappa shape index (κ3) is 3.14. The minimum atomic E-state index is -0.187. The van der Waals surface area contributed by atoms with E-state index < -0.39 is 0 Å². The number of rotatable bonds is 2. The summed E-state index contributed by atoms with van der Waals surface area (Å²) in [6.07, 6.45) is 6.26. The van der Waals surface area contributed by atoms with Gasteiger partial charge in [-0.3, -0.25) is 4.98 Å². The Balaban J connectivity index is 1.33. The van der Waals surface area contributed by atoms with E-state index in [1.54, 1.807) is 18.5 Å². The van der Waals surface area contributed by atoms with E-state index in [0.717, 1.165) is 77.5 Å². The normalized spacial score (nSPS) is 19.2. The number of nitrogens with two attached hydrogens (primary N) is 1. The van der Waals surface area contributed by atoms with Crippen LogP contribution < -0.4 is 10.6 Å². The second-order valence-electron chi connectivity index (χ2n) is 9.60. The molecule has 1 aliphatic carbocycles. The topological polar surface area (TPSA) is 72.3 Å². The minimum Gasteiger partial charge on any atom is -0.355 e. The zero-order valence-electron chi connectivity index (χ0n) is 19.2. The highest BCUT2D eigenvalue weighted by molar-refractivity contribution is 6.33. The third-order valence-electron chi connectivity index (χ3n) is 7.72. The molecule has 2 N–H and O–H groups in total. The molecule has 174 valence electrons. The number of aryl methyl sites for hydroxylation is 2. The average molecular weight is 477 g/mol. The first-order valence-electron chi connectivity index (χ1n) is 11.6. The number of aromatic nitrogens is 4. The molecule has 1 atom stereocenters. The number of benzene rings is 1. The summed E-state index contributed by atoms with van der Waals surface area (Å²) >= 11 is 6.61. The largest absolute Gasteiger partial charge is 0.355 e. The number of hydrogen-bond donors (Lipinski definition) is 1. The Bertz CT molecular complexity index is 1420. The standard InChI is InChI=1S/C26H26ClFN6/c1-15-22(27)20(5-9-30-15)23-16(2)32-25(21-6-10-31-34(21)23)33-11-7-26(8-12-33)14-17-13-18(28)3-4-19(17)24(26)29/h3-6,9-10,13,24H,7-8,11-12,14,29H2,1-2H3/t24-/m1/s1. The van der Waals surface area contributed by atoms with Crippen molar-refractivity contribution in [3.8, 4) is 11.3 Å². The summed E-state index contributed by atoms with van der Waals surface area (Å²) in [4.78, 5) is 11.7. The van der Waals surface area contributed by atoms with Crippen LogP contribution in [0.3, 0.4) is 0 Å². The maximum absolute atomic E-state index is 13.8. The van der Waals surface area contributed by atoms with Gasteiger partial charge in [-0.15, -0.1) is 0 Å². The summed E-state index contributed by atoms with van der Waals surface area (Å²) in [5.74, 6) is 0.735. The van der Waals surface area contributed by atoms with Gasteiger partial charge >= 0.3 is 0 Å². The van der Waals surface area contributed by atoms with E-state index >= 15 is 0 Å². The quantitative estimate of drug-likeness (QED) is 0.438. The molecular formula is C26H26ClFN6. The molecule has 3 aromatic heterocycles. The second kappa shape index (κ2) is 7.75. The Labute approximate surface area is 202 Å². The smallest absolute Gasteiger partial charge is 0.155 e. The van der Waals surface area contributed by atoms with Gasteiger partial charge < -0.3 is 10.6 Å². The summed E-state index contributed by atoms with van der Waals surface area (Å²) in [6, 6.07) is 8.89. The van der Waals surface area contributed by atoms with Crippen LogP contribution in [0.5, 0.6) is 0 Å². The van der Waals surface area contributed by atoms with E-state index in [0.29, 0.717) is 5.02 Å². The summed E-state index contributed by atoms with van der Waals surface area (Å²) in [5.41, 5.74) is 13.2. The average Bonchev–Trinajstić information content (AvgIpc) is 3.40. The van der Waals surface area contributed by atoms with Crippen LogP contribution >= 0.6 is 11.6 Å². The summed E-state index contributed by atoms with van der Waals surface area (Å²) in [7, 11) is 0. The van der Waals surface area contributed by atoms with E-state index in [2.05, 4.69) is 15.0 Å². The van der Waals surface area contributed by atoms with Gasteiger partial charge in [0.15, 0.2) is 5.82 Å². The monoisotopic (exact) mass is 476 g/mol. The fourth-order valence-corrected chi connectivity index (χ4v) is 6.05. The van der Waals surface area contributed by atoms with Gasteiger partial charge in [-0.25, -0.2) is 13.9 Å². The van der Waals surface area contributed by atoms with E-state index in [1.165, 1.54) is 6.07 Å². The molecule has 34 heavy (non-hydrogen) atoms. The van der Waals surface area contributed by atoms with Gasteiger partial charge in [0.1, 0.15) is 11.3 Å². The second-order valence-corrected chi connectivity index (χ2v) is 9.98. The molecule has 0 bridgehead atoms. The number of piperidine rings is 1. The van der Waals surface area contributed by atoms with Crippen LogP contribution in [0.4, 0.5) is 10.2 Å². The van der Waals surface area contributed by atoms with Crippen LogP contribution in [-0.4, -0.2) is 32.7 Å². The van der Waals surface area contributed by atoms with Crippen LogP contribution in [0.1, 0.15) is 41.4 Å². The van der Waals surface area contributed by atoms with Crippen molar-refractivity contribution >= 4 is 22.9 Å². The van der Waals surface area contributed by atoms with Gasteiger partial charge in [-0.2, -0.15) is 5.10 Å². The Morgan fingerprint density at radius 1 is 1.09 bits per heavy atom. The number of pyridine rings is 1. The molecule has 1 spiro atoms. The van der Waals surface area contributed by atoms with Gasteiger partial charge in [0.2, 0.25) is 0 Å². The maximum atomic E-state index is 13.8. The third-order valence-corrected chi connectivity index (χ3v) is 8.20. The number of nitrogens with zero attached hydrogens (tertiary/aromatic N) is 5. The molecular weight excluding hydrogens is 451 g/mol. The van der Waals surface area contributed by atoms with Gasteiger partial charge in [-0.05, 0) is 73.9 Å². The van der Waals surface area contributed by atoms with E-state index in [-0.39, 0.29) is 17.3 Å². The van der Waals surface area contributed by atoms with Crippen molar-refractivity contribution in [3.05, 3.63) is 76.1 Å². The molecule has 1 saturated heterocycles. The van der Waals surface area contributed by atoms with Crippen molar-refractivity contribution in [3.63, 3.8) is 0 Å². The molecule has 4 aromatic rings. The molecule has 6 nitrogen and oxygen atoms in total. The lowest BCUT2D eigenvalue weighted by Gasteiger charge is -2.42. The van der Waals surface area contributed by atoms with Crippen molar-refractivity contribution in [2.45, 2.75) is 39.2 Å². The Morgan fingerprint density at radius 2 is 1.88 bits per heavy atom. The van der Waals surface area contributed by atoms with Crippen molar-refractivity contribution < 1.29 is 4.39 Å². The Hall–Kier alpha value is -3.03. The van der Waals surface area contributed by atoms with E-state index in [4.69, 9.17) is 22.3 Å². The van der Waals surface area contributed by atoms with Crippen LogP contribution in [0.15, 0.2) is 42.7 Å². The fraction of sp³-hybridized carbons (Fsp3) is 0.346. The van der Waals surface area contributed by atoms with Crippen molar-refractivity contribution in [2.75, 3.05) is 18.0 Å². The van der Waals surface area contributed by atoms with Gasteiger partial charge in [0.25, 0.3) is 0 Å². The van der Waals surface area contributed by atoms with Gasteiger partial charge in [0.05, 0.1) is 28.3 Å². The van der Waals surface area contributed by atoms with Crippen LogP contribution in [-0.2, 0) is 6.42 Å². The molecule has 0 radical (unpaired) electrons. The molecule has 4 heterocycles. The van der Waals surface area contributed by atoms with Gasteiger partial charge in [-0.1, -0.05) is 17.7 Å². The van der Waals surface area contributed by atoms with E-state index in [1.807, 2.05) is 36.6 Å². The molecule has 1 aromatic carbocycles. The predicted molar refractivity (Wildman–Crippen MR) is 132 cm³/mol. The SMILES string of the molecule is Cc1nccc(-c2c(C)nc(N3CCC4(CC3)Cc3cc(F)ccc3[C@H]4N)c3ccnn23)c1Cl. The summed E-state index contributed by atoms with van der Waals surface area (Å²) in [6.45, 7) is 5.57. The predicted octanol–water partition coefficient (Wildman–Crippen LogP) is 5.04. The Morgan fingerprint density at radius 3 is 2.68 bits per heavy atom. The number of hydrogen-bond acceptors (Lipinski definition) is 5.